The molecule has 1 radical (unpaired) electrons. The number of nitrogens with one attached hydrogen (secondary N) is 1. The van der Waals surface area contributed by atoms with Crippen LogP contribution in [0, 0.1) is 0 Å². The minimum Gasteiger partial charge on any atom is -0.251 e. The molecular weight excluding hydrogens is 302 g/mol. The molecule has 0 amide bonds. The zero-order chi connectivity index (χ0) is 18.6. The summed E-state index contributed by atoms with van der Waals surface area (Å²) < 4.78 is 0. The van der Waals surface area contributed by atoms with Gasteiger partial charge in [0.15, 0.2) is 0 Å². The van der Waals surface area contributed by atoms with E-state index < -0.39 is 0 Å². The van der Waals surface area contributed by atoms with Crippen molar-refractivity contribution in [1.82, 2.24) is 5.73 Å². The van der Waals surface area contributed by atoms with E-state index in [0.717, 1.165) is 19.3 Å². The molecule has 0 saturated heterocycles. The fourth-order valence-corrected chi connectivity index (χ4v) is 3.93. The maximum Gasteiger partial charge on any atom is 0.0324 e. The van der Waals surface area contributed by atoms with Crippen LogP contribution in [-0.4, -0.2) is 5.54 Å². The third kappa shape index (κ3) is 17.1. The highest BCUT2D eigenvalue weighted by atomic mass is 14.7. The van der Waals surface area contributed by atoms with Gasteiger partial charge >= 0.3 is 0 Å². The number of hydrogen-bond donors (Lipinski definition) is 0. The first-order chi connectivity index (χ1) is 12.2. The molecular formula is C24H50N. The first kappa shape index (κ1) is 25.0. The van der Waals surface area contributed by atoms with Crippen LogP contribution < -0.4 is 5.73 Å². The maximum atomic E-state index is 9.03. The molecule has 0 aromatic heterocycles. The standard InChI is InChI=1S/C24H50N/c1-4-7-10-13-14-17-20-23-24(25,21-18-15-11-8-5-2)22-19-16-12-9-6-3/h25H,4-23H2,1-3H3. The van der Waals surface area contributed by atoms with Gasteiger partial charge in [-0.3, -0.25) is 5.73 Å². The molecule has 0 aliphatic heterocycles. The lowest BCUT2D eigenvalue weighted by Crippen LogP contribution is -2.30. The van der Waals surface area contributed by atoms with E-state index in [1.165, 1.54) is 109 Å². The van der Waals surface area contributed by atoms with Crippen LogP contribution in [0.2, 0.25) is 0 Å². The Morgan fingerprint density at radius 2 is 0.640 bits per heavy atom. The van der Waals surface area contributed by atoms with E-state index in [2.05, 4.69) is 20.8 Å². The third-order valence-corrected chi connectivity index (χ3v) is 5.78. The third-order valence-electron chi connectivity index (χ3n) is 5.78. The number of unbranched alkanes of at least 4 members (excludes halogenated alkanes) is 14. The molecule has 0 atom stereocenters. The Morgan fingerprint density at radius 1 is 0.400 bits per heavy atom. The minimum absolute atomic E-state index is 0.109. The first-order valence-electron chi connectivity index (χ1n) is 11.9. The average Bonchev–Trinajstić information content (AvgIpc) is 2.61. The number of hydrogen-bond acceptors (Lipinski definition) is 0. The molecule has 25 heavy (non-hydrogen) atoms. The van der Waals surface area contributed by atoms with Crippen molar-refractivity contribution in [1.29, 1.82) is 0 Å². The molecule has 0 unspecified atom stereocenters. The zero-order valence-corrected chi connectivity index (χ0v) is 18.1. The van der Waals surface area contributed by atoms with Crippen molar-refractivity contribution in [3.8, 4) is 0 Å². The summed E-state index contributed by atoms with van der Waals surface area (Å²) in [7, 11) is 0. The summed E-state index contributed by atoms with van der Waals surface area (Å²) in [5, 5.41) is 0. The predicted molar refractivity (Wildman–Crippen MR) is 115 cm³/mol. The van der Waals surface area contributed by atoms with E-state index in [-0.39, 0.29) is 5.54 Å². The van der Waals surface area contributed by atoms with E-state index in [0.29, 0.717) is 0 Å². The average molecular weight is 353 g/mol. The largest absolute Gasteiger partial charge is 0.251 e. The Kier molecular flexibility index (Phi) is 18.7. The van der Waals surface area contributed by atoms with Gasteiger partial charge in [0.25, 0.3) is 0 Å². The lowest BCUT2D eigenvalue weighted by Gasteiger charge is -2.29. The topological polar surface area (TPSA) is 23.8 Å². The van der Waals surface area contributed by atoms with Crippen LogP contribution in [0.25, 0.3) is 0 Å². The van der Waals surface area contributed by atoms with Gasteiger partial charge in [0.2, 0.25) is 0 Å². The van der Waals surface area contributed by atoms with E-state index in [1.807, 2.05) is 0 Å². The Labute approximate surface area is 160 Å². The Balaban J connectivity index is 3.99. The lowest BCUT2D eigenvalue weighted by atomic mass is 9.82. The van der Waals surface area contributed by atoms with Gasteiger partial charge in [-0.2, -0.15) is 0 Å². The van der Waals surface area contributed by atoms with E-state index >= 15 is 0 Å². The molecule has 0 aliphatic rings. The van der Waals surface area contributed by atoms with Gasteiger partial charge in [0, 0.05) is 5.54 Å². The van der Waals surface area contributed by atoms with Gasteiger partial charge in [-0.25, -0.2) is 0 Å². The number of rotatable bonds is 20. The molecule has 0 aromatic rings. The highest BCUT2D eigenvalue weighted by Gasteiger charge is 2.24. The van der Waals surface area contributed by atoms with Gasteiger partial charge in [-0.05, 0) is 19.3 Å². The van der Waals surface area contributed by atoms with E-state index in [1.54, 1.807) is 0 Å². The molecule has 151 valence electrons. The van der Waals surface area contributed by atoms with Crippen LogP contribution in [-0.2, 0) is 0 Å². The molecule has 1 nitrogen and oxygen atoms in total. The van der Waals surface area contributed by atoms with E-state index in [4.69, 9.17) is 5.73 Å². The van der Waals surface area contributed by atoms with Gasteiger partial charge in [0.1, 0.15) is 0 Å². The van der Waals surface area contributed by atoms with Gasteiger partial charge < -0.3 is 0 Å². The monoisotopic (exact) mass is 352 g/mol. The molecule has 1 N–H and O–H groups in total. The molecule has 0 aromatic carbocycles. The van der Waals surface area contributed by atoms with Gasteiger partial charge in [0.05, 0.1) is 0 Å². The first-order valence-corrected chi connectivity index (χ1v) is 11.9. The van der Waals surface area contributed by atoms with Crippen LogP contribution in [0.15, 0.2) is 0 Å². The Hall–Kier alpha value is -0.0400. The SMILES string of the molecule is CCCCCCCCCC([NH])(CCCCCCC)CCCCCCC. The molecule has 0 aliphatic carbocycles. The second-order valence-corrected chi connectivity index (χ2v) is 8.48. The second-order valence-electron chi connectivity index (χ2n) is 8.48. The molecule has 0 bridgehead atoms. The fraction of sp³-hybridized carbons (Fsp3) is 1.00. The smallest absolute Gasteiger partial charge is 0.0324 e. The molecule has 0 heterocycles. The minimum atomic E-state index is -0.109. The summed E-state index contributed by atoms with van der Waals surface area (Å²) in [5.41, 5.74) is 8.92. The van der Waals surface area contributed by atoms with E-state index in [9.17, 15) is 0 Å². The highest BCUT2D eigenvalue weighted by molar-refractivity contribution is 4.83. The summed E-state index contributed by atoms with van der Waals surface area (Å²) in [6.45, 7) is 6.85. The van der Waals surface area contributed by atoms with Crippen molar-refractivity contribution < 1.29 is 0 Å². The fourth-order valence-electron chi connectivity index (χ4n) is 3.93. The Morgan fingerprint density at radius 3 is 0.920 bits per heavy atom. The van der Waals surface area contributed by atoms with Crippen LogP contribution in [0.5, 0.6) is 0 Å². The summed E-state index contributed by atoms with van der Waals surface area (Å²) in [6.07, 6.45) is 26.5. The van der Waals surface area contributed by atoms with Crippen molar-refractivity contribution >= 4 is 0 Å². The van der Waals surface area contributed by atoms with Crippen molar-refractivity contribution in [3.05, 3.63) is 0 Å². The zero-order valence-electron chi connectivity index (χ0n) is 18.1. The van der Waals surface area contributed by atoms with Crippen LogP contribution >= 0.6 is 0 Å². The predicted octanol–water partition coefficient (Wildman–Crippen LogP) is 8.87. The van der Waals surface area contributed by atoms with Crippen molar-refractivity contribution in [2.75, 3.05) is 0 Å². The Bertz CT molecular complexity index is 234. The van der Waals surface area contributed by atoms with Crippen LogP contribution in [0.4, 0.5) is 0 Å². The van der Waals surface area contributed by atoms with Crippen molar-refractivity contribution in [3.63, 3.8) is 0 Å². The van der Waals surface area contributed by atoms with Crippen LogP contribution in [0.3, 0.4) is 0 Å². The van der Waals surface area contributed by atoms with Gasteiger partial charge in [-0.1, -0.05) is 130 Å². The lowest BCUT2D eigenvalue weighted by molar-refractivity contribution is 0.292. The van der Waals surface area contributed by atoms with Crippen molar-refractivity contribution in [2.24, 2.45) is 0 Å². The molecule has 0 fully saturated rings. The summed E-state index contributed by atoms with van der Waals surface area (Å²) in [6, 6.07) is 0. The molecule has 0 saturated carbocycles. The molecule has 0 rings (SSSR count). The van der Waals surface area contributed by atoms with Crippen molar-refractivity contribution in [2.45, 2.75) is 155 Å². The van der Waals surface area contributed by atoms with Crippen LogP contribution in [0.1, 0.15) is 149 Å². The maximum absolute atomic E-state index is 9.03. The molecule has 0 spiro atoms. The quantitative estimate of drug-likeness (QED) is 0.195. The normalized spacial score (nSPS) is 12.0. The summed E-state index contributed by atoms with van der Waals surface area (Å²) in [4.78, 5) is 0. The van der Waals surface area contributed by atoms with Gasteiger partial charge in [-0.15, -0.1) is 0 Å². The summed E-state index contributed by atoms with van der Waals surface area (Å²) >= 11 is 0. The second kappa shape index (κ2) is 18.7. The summed E-state index contributed by atoms with van der Waals surface area (Å²) in [5.74, 6) is 0. The molecule has 1 heteroatoms. The highest BCUT2D eigenvalue weighted by Crippen LogP contribution is 2.28.